The molecule has 0 unspecified atom stereocenters. The van der Waals surface area contributed by atoms with Crippen molar-refractivity contribution in [2.75, 3.05) is 5.73 Å². The van der Waals surface area contributed by atoms with Gasteiger partial charge in [0.1, 0.15) is 5.82 Å². The lowest BCUT2D eigenvalue weighted by atomic mass is 10.6. The minimum Gasteiger partial charge on any atom is -0.400 e. The first-order valence-corrected chi connectivity index (χ1v) is 3.31. The summed E-state index contributed by atoms with van der Waals surface area (Å²) in [6, 6.07) is 1.15. The highest BCUT2D eigenvalue weighted by atomic mass is 35.5. The van der Waals surface area contributed by atoms with Gasteiger partial charge in [0.2, 0.25) is 5.88 Å². The third kappa shape index (κ3) is 2.23. The molecule has 68 valence electrons. The Bertz CT molecular complexity index is 263. The molecule has 1 aromatic rings. The first-order valence-electron chi connectivity index (χ1n) is 2.94. The number of nitrogen functional groups attached to an aromatic ring is 1. The minimum absolute atomic E-state index is 0.214. The van der Waals surface area contributed by atoms with Crippen LogP contribution in [0.25, 0.3) is 0 Å². The lowest BCUT2D eigenvalue weighted by molar-refractivity contribution is -0.0993. The SMILES string of the molecule is Cn1nc(OC(F)(F)Cl)cc1N. The number of nitrogens with zero attached hydrogens (tertiary/aromatic N) is 2. The number of ether oxygens (including phenoxy) is 1. The number of alkyl halides is 3. The largest absolute Gasteiger partial charge is 0.488 e. The second-order valence-electron chi connectivity index (χ2n) is 2.08. The van der Waals surface area contributed by atoms with E-state index in [4.69, 9.17) is 5.73 Å². The van der Waals surface area contributed by atoms with Gasteiger partial charge in [0.05, 0.1) is 0 Å². The van der Waals surface area contributed by atoms with Crippen LogP contribution in [0.4, 0.5) is 14.6 Å². The summed E-state index contributed by atoms with van der Waals surface area (Å²) in [5, 5.41) is 3.50. The summed E-state index contributed by atoms with van der Waals surface area (Å²) in [6.07, 6.45) is 0. The number of anilines is 1. The maximum Gasteiger partial charge on any atom is 0.488 e. The van der Waals surface area contributed by atoms with Gasteiger partial charge in [0, 0.05) is 24.7 Å². The summed E-state index contributed by atoms with van der Waals surface area (Å²) in [4.78, 5) is 0. The van der Waals surface area contributed by atoms with Crippen molar-refractivity contribution in [1.29, 1.82) is 0 Å². The number of aryl methyl sites for hydroxylation is 1. The second-order valence-corrected chi connectivity index (χ2v) is 2.52. The number of halogens is 3. The van der Waals surface area contributed by atoms with Gasteiger partial charge >= 0.3 is 5.57 Å². The summed E-state index contributed by atoms with van der Waals surface area (Å²) in [5.41, 5.74) is 1.54. The molecule has 0 saturated carbocycles. The predicted molar refractivity (Wildman–Crippen MR) is 39.0 cm³/mol. The molecule has 0 fully saturated rings. The maximum absolute atomic E-state index is 12.0. The van der Waals surface area contributed by atoms with E-state index < -0.39 is 5.57 Å². The molecule has 0 bridgehead atoms. The van der Waals surface area contributed by atoms with Crippen LogP contribution in [0.5, 0.6) is 5.88 Å². The second kappa shape index (κ2) is 2.78. The van der Waals surface area contributed by atoms with E-state index in [9.17, 15) is 8.78 Å². The number of nitrogens with two attached hydrogens (primary N) is 1. The van der Waals surface area contributed by atoms with Gasteiger partial charge in [0.25, 0.3) is 0 Å². The molecule has 1 aromatic heterocycles. The maximum atomic E-state index is 12.0. The summed E-state index contributed by atoms with van der Waals surface area (Å²) in [7, 11) is 1.49. The normalized spacial score (nSPS) is 11.7. The summed E-state index contributed by atoms with van der Waals surface area (Å²) in [5.74, 6) is -0.0964. The molecule has 1 heterocycles. The highest BCUT2D eigenvalue weighted by molar-refractivity contribution is 6.20. The van der Waals surface area contributed by atoms with Crippen molar-refractivity contribution in [3.8, 4) is 5.88 Å². The third-order valence-corrected chi connectivity index (χ3v) is 1.19. The van der Waals surface area contributed by atoms with Crippen LogP contribution < -0.4 is 10.5 Å². The molecule has 0 aromatic carbocycles. The van der Waals surface area contributed by atoms with Gasteiger partial charge < -0.3 is 10.5 Å². The van der Waals surface area contributed by atoms with E-state index in [0.29, 0.717) is 0 Å². The molecule has 0 aliphatic carbocycles. The molecule has 12 heavy (non-hydrogen) atoms. The van der Waals surface area contributed by atoms with Crippen molar-refractivity contribution in [3.63, 3.8) is 0 Å². The van der Waals surface area contributed by atoms with Gasteiger partial charge in [-0.1, -0.05) is 0 Å². The number of aromatic nitrogens is 2. The fraction of sp³-hybridized carbons (Fsp3) is 0.400. The zero-order valence-corrected chi connectivity index (χ0v) is 6.85. The molecule has 7 heteroatoms. The Morgan fingerprint density at radius 1 is 1.75 bits per heavy atom. The van der Waals surface area contributed by atoms with Gasteiger partial charge in [-0.15, -0.1) is 13.9 Å². The Morgan fingerprint density at radius 3 is 2.67 bits per heavy atom. The number of hydrogen-bond acceptors (Lipinski definition) is 3. The van der Waals surface area contributed by atoms with Crippen LogP contribution in [0.3, 0.4) is 0 Å². The van der Waals surface area contributed by atoms with Gasteiger partial charge in [0.15, 0.2) is 0 Å². The molecule has 2 N–H and O–H groups in total. The summed E-state index contributed by atoms with van der Waals surface area (Å²) in [6.45, 7) is 0. The average molecular weight is 198 g/mol. The molecule has 0 atom stereocenters. The quantitative estimate of drug-likeness (QED) is 0.725. The molecule has 0 aliphatic rings. The van der Waals surface area contributed by atoms with E-state index in [1.54, 1.807) is 0 Å². The Balaban J connectivity index is 2.77. The van der Waals surface area contributed by atoms with Crippen LogP contribution in [-0.4, -0.2) is 15.3 Å². The van der Waals surface area contributed by atoms with Crippen LogP contribution in [-0.2, 0) is 7.05 Å². The Morgan fingerprint density at radius 2 is 2.33 bits per heavy atom. The lowest BCUT2D eigenvalue weighted by Gasteiger charge is -2.05. The molecule has 1 rings (SSSR count). The molecule has 0 radical (unpaired) electrons. The van der Waals surface area contributed by atoms with Gasteiger partial charge in [-0.25, -0.2) is 4.68 Å². The van der Waals surface area contributed by atoms with Crippen molar-refractivity contribution >= 4 is 17.4 Å². The zero-order chi connectivity index (χ0) is 9.35. The molecular weight excluding hydrogens is 192 g/mol. The minimum atomic E-state index is -3.75. The average Bonchev–Trinajstić information content (AvgIpc) is 2.07. The van der Waals surface area contributed by atoms with Crippen molar-refractivity contribution in [3.05, 3.63) is 6.07 Å². The standard InChI is InChI=1S/C5H6ClF2N3O/c1-11-3(9)2-4(10-11)12-5(6,7)8/h2H,9H2,1H3. The van der Waals surface area contributed by atoms with Crippen LogP contribution >= 0.6 is 11.6 Å². The summed E-state index contributed by atoms with van der Waals surface area (Å²) >= 11 is 4.48. The van der Waals surface area contributed by atoms with E-state index >= 15 is 0 Å². The van der Waals surface area contributed by atoms with Gasteiger partial charge in [-0.2, -0.15) is 0 Å². The van der Waals surface area contributed by atoms with E-state index in [1.807, 2.05) is 0 Å². The van der Waals surface area contributed by atoms with E-state index in [2.05, 4.69) is 21.4 Å². The molecule has 4 nitrogen and oxygen atoms in total. The van der Waals surface area contributed by atoms with Gasteiger partial charge in [-0.05, 0) is 0 Å². The van der Waals surface area contributed by atoms with Crippen LogP contribution in [0.2, 0.25) is 0 Å². The van der Waals surface area contributed by atoms with Crippen molar-refractivity contribution in [2.24, 2.45) is 7.05 Å². The van der Waals surface area contributed by atoms with Crippen molar-refractivity contribution in [2.45, 2.75) is 5.57 Å². The van der Waals surface area contributed by atoms with Crippen molar-refractivity contribution < 1.29 is 13.5 Å². The van der Waals surface area contributed by atoms with Crippen LogP contribution in [0.15, 0.2) is 6.07 Å². The van der Waals surface area contributed by atoms with Gasteiger partial charge in [-0.3, -0.25) is 0 Å². The monoisotopic (exact) mass is 197 g/mol. The number of rotatable bonds is 2. The van der Waals surface area contributed by atoms with Crippen LogP contribution in [0, 0.1) is 0 Å². The molecule has 0 spiro atoms. The van der Waals surface area contributed by atoms with E-state index in [0.717, 1.165) is 6.07 Å². The molecule has 0 aliphatic heterocycles. The van der Waals surface area contributed by atoms with Crippen molar-refractivity contribution in [1.82, 2.24) is 9.78 Å². The highest BCUT2D eigenvalue weighted by Crippen LogP contribution is 2.24. The number of hydrogen-bond donors (Lipinski definition) is 1. The lowest BCUT2D eigenvalue weighted by Crippen LogP contribution is -2.16. The third-order valence-electron chi connectivity index (χ3n) is 1.11. The Kier molecular flexibility index (Phi) is 2.10. The topological polar surface area (TPSA) is 53.1 Å². The first kappa shape index (κ1) is 9.05. The zero-order valence-electron chi connectivity index (χ0n) is 6.09. The Hall–Kier alpha value is -1.04. The fourth-order valence-corrected chi connectivity index (χ4v) is 0.702. The summed E-state index contributed by atoms with van der Waals surface area (Å²) < 4.78 is 29.1. The molecular formula is C5H6ClF2N3O. The highest BCUT2D eigenvalue weighted by Gasteiger charge is 2.28. The molecule has 0 amide bonds. The smallest absolute Gasteiger partial charge is 0.400 e. The van der Waals surface area contributed by atoms with E-state index in [1.165, 1.54) is 11.7 Å². The fourth-order valence-electron chi connectivity index (χ4n) is 0.623. The predicted octanol–water partition coefficient (Wildman–Crippen LogP) is 1.17. The van der Waals surface area contributed by atoms with Crippen LogP contribution in [0.1, 0.15) is 0 Å². The van der Waals surface area contributed by atoms with E-state index in [-0.39, 0.29) is 11.7 Å². The molecule has 0 saturated heterocycles. The first-order chi connectivity index (χ1) is 5.38. The Labute approximate surface area is 71.9 Å².